The van der Waals surface area contributed by atoms with E-state index in [9.17, 15) is 9.90 Å². The molecule has 0 unspecified atom stereocenters. The van der Waals surface area contributed by atoms with E-state index in [2.05, 4.69) is 11.4 Å². The average molecular weight is 349 g/mol. The molecule has 26 heavy (non-hydrogen) atoms. The van der Waals surface area contributed by atoms with Crippen LogP contribution in [0.15, 0.2) is 60.7 Å². The standard InChI is InChI=1S/C22H23NO3/c1-15(22(25)23-12-11-16-3-8-20(24)9-4-16)17-5-6-19-14-21(26-2)10-7-18(19)13-17/h3-10,13-15,24H,11-12H2,1-2H3,(H,23,25)/t15-/m1/s1. The number of fused-ring (bicyclic) bond motifs is 1. The highest BCUT2D eigenvalue weighted by Crippen LogP contribution is 2.25. The minimum absolute atomic E-state index is 0.0108. The lowest BCUT2D eigenvalue weighted by atomic mass is 9.97. The van der Waals surface area contributed by atoms with Crippen molar-refractivity contribution >= 4 is 16.7 Å². The van der Waals surface area contributed by atoms with Gasteiger partial charge in [-0.15, -0.1) is 0 Å². The molecule has 4 heteroatoms. The van der Waals surface area contributed by atoms with Gasteiger partial charge in [-0.2, -0.15) is 0 Å². The molecule has 0 spiro atoms. The van der Waals surface area contributed by atoms with Gasteiger partial charge in [0.05, 0.1) is 13.0 Å². The van der Waals surface area contributed by atoms with Crippen molar-refractivity contribution in [1.29, 1.82) is 0 Å². The van der Waals surface area contributed by atoms with E-state index < -0.39 is 0 Å². The Kier molecular flexibility index (Phi) is 5.42. The van der Waals surface area contributed by atoms with E-state index in [-0.39, 0.29) is 17.6 Å². The maximum Gasteiger partial charge on any atom is 0.227 e. The summed E-state index contributed by atoms with van der Waals surface area (Å²) in [6, 6.07) is 19.0. The molecular weight excluding hydrogens is 326 g/mol. The van der Waals surface area contributed by atoms with Crippen molar-refractivity contribution in [3.05, 3.63) is 71.8 Å². The molecule has 0 saturated carbocycles. The minimum Gasteiger partial charge on any atom is -0.508 e. The fourth-order valence-corrected chi connectivity index (χ4v) is 2.94. The van der Waals surface area contributed by atoms with E-state index in [1.165, 1.54) is 0 Å². The van der Waals surface area contributed by atoms with E-state index in [4.69, 9.17) is 4.74 Å². The highest BCUT2D eigenvalue weighted by molar-refractivity contribution is 5.88. The van der Waals surface area contributed by atoms with Gasteiger partial charge < -0.3 is 15.2 Å². The summed E-state index contributed by atoms with van der Waals surface area (Å²) < 4.78 is 5.25. The van der Waals surface area contributed by atoms with Crippen LogP contribution in [0.25, 0.3) is 10.8 Å². The minimum atomic E-state index is -0.221. The van der Waals surface area contributed by atoms with Crippen molar-refractivity contribution in [3.8, 4) is 11.5 Å². The number of phenols is 1. The van der Waals surface area contributed by atoms with Crippen molar-refractivity contribution in [2.45, 2.75) is 19.3 Å². The van der Waals surface area contributed by atoms with Crippen LogP contribution in [0.3, 0.4) is 0 Å². The van der Waals surface area contributed by atoms with Gasteiger partial charge in [0.25, 0.3) is 0 Å². The van der Waals surface area contributed by atoms with Crippen LogP contribution >= 0.6 is 0 Å². The molecule has 0 saturated heterocycles. The third-order valence-electron chi connectivity index (χ3n) is 4.61. The topological polar surface area (TPSA) is 58.6 Å². The quantitative estimate of drug-likeness (QED) is 0.707. The van der Waals surface area contributed by atoms with E-state index in [0.717, 1.165) is 34.1 Å². The lowest BCUT2D eigenvalue weighted by Crippen LogP contribution is -2.29. The number of aromatic hydroxyl groups is 1. The third-order valence-corrected chi connectivity index (χ3v) is 4.61. The average Bonchev–Trinajstić information content (AvgIpc) is 2.68. The molecule has 0 aromatic heterocycles. The first-order chi connectivity index (χ1) is 12.6. The first kappa shape index (κ1) is 17.8. The first-order valence-electron chi connectivity index (χ1n) is 8.70. The van der Waals surface area contributed by atoms with Gasteiger partial charge in [0.1, 0.15) is 11.5 Å². The largest absolute Gasteiger partial charge is 0.508 e. The molecule has 2 N–H and O–H groups in total. The Labute approximate surface area is 153 Å². The zero-order chi connectivity index (χ0) is 18.5. The fourth-order valence-electron chi connectivity index (χ4n) is 2.94. The summed E-state index contributed by atoms with van der Waals surface area (Å²) in [4.78, 5) is 12.5. The van der Waals surface area contributed by atoms with Gasteiger partial charge in [-0.05, 0) is 59.5 Å². The molecule has 1 atom stereocenters. The Morgan fingerprint density at radius 3 is 2.46 bits per heavy atom. The molecule has 4 nitrogen and oxygen atoms in total. The van der Waals surface area contributed by atoms with Crippen molar-refractivity contribution < 1.29 is 14.6 Å². The predicted molar refractivity (Wildman–Crippen MR) is 104 cm³/mol. The summed E-state index contributed by atoms with van der Waals surface area (Å²) in [7, 11) is 1.65. The van der Waals surface area contributed by atoms with Gasteiger partial charge >= 0.3 is 0 Å². The van der Waals surface area contributed by atoms with Gasteiger partial charge in [0, 0.05) is 6.54 Å². The lowest BCUT2D eigenvalue weighted by Gasteiger charge is -2.14. The molecule has 1 amide bonds. The van der Waals surface area contributed by atoms with E-state index in [1.807, 2.05) is 49.4 Å². The van der Waals surface area contributed by atoms with Crippen LogP contribution in [-0.2, 0) is 11.2 Å². The molecule has 0 bridgehead atoms. The molecule has 3 rings (SSSR count). The summed E-state index contributed by atoms with van der Waals surface area (Å²) in [5.41, 5.74) is 2.07. The Bertz CT molecular complexity index is 903. The Balaban J connectivity index is 1.62. The molecule has 134 valence electrons. The second kappa shape index (κ2) is 7.91. The molecule has 3 aromatic rings. The normalized spacial score (nSPS) is 11.9. The van der Waals surface area contributed by atoms with Crippen LogP contribution < -0.4 is 10.1 Å². The molecule has 0 radical (unpaired) electrons. The van der Waals surface area contributed by atoms with Crippen LogP contribution in [0.4, 0.5) is 0 Å². The maximum atomic E-state index is 12.5. The van der Waals surface area contributed by atoms with Crippen molar-refractivity contribution in [2.75, 3.05) is 13.7 Å². The maximum absolute atomic E-state index is 12.5. The molecular formula is C22H23NO3. The SMILES string of the molecule is COc1ccc2cc([C@@H](C)C(=O)NCCc3ccc(O)cc3)ccc2c1. The van der Waals surface area contributed by atoms with E-state index >= 15 is 0 Å². The highest BCUT2D eigenvalue weighted by Gasteiger charge is 2.15. The van der Waals surface area contributed by atoms with E-state index in [1.54, 1.807) is 19.2 Å². The van der Waals surface area contributed by atoms with E-state index in [0.29, 0.717) is 6.54 Å². The number of carbonyl (C=O) groups is 1. The van der Waals surface area contributed by atoms with Crippen LogP contribution in [0.1, 0.15) is 24.0 Å². The highest BCUT2D eigenvalue weighted by atomic mass is 16.5. The lowest BCUT2D eigenvalue weighted by molar-refractivity contribution is -0.122. The number of methoxy groups -OCH3 is 1. The summed E-state index contributed by atoms with van der Waals surface area (Å²) >= 11 is 0. The number of nitrogens with one attached hydrogen (secondary N) is 1. The zero-order valence-electron chi connectivity index (χ0n) is 15.0. The van der Waals surface area contributed by atoms with Crippen LogP contribution in [0.2, 0.25) is 0 Å². The molecule has 0 aliphatic carbocycles. The van der Waals surface area contributed by atoms with Crippen molar-refractivity contribution in [2.24, 2.45) is 0 Å². The van der Waals surface area contributed by atoms with Crippen LogP contribution in [0, 0.1) is 0 Å². The number of rotatable bonds is 6. The summed E-state index contributed by atoms with van der Waals surface area (Å²) in [6.07, 6.45) is 0.732. The number of amides is 1. The van der Waals surface area contributed by atoms with Gasteiger partial charge in [0.2, 0.25) is 5.91 Å². The molecule has 0 heterocycles. The summed E-state index contributed by atoms with van der Waals surface area (Å²) in [5, 5.41) is 14.5. The fraction of sp³-hybridized carbons (Fsp3) is 0.227. The number of carbonyl (C=O) groups excluding carboxylic acids is 1. The van der Waals surface area contributed by atoms with Gasteiger partial charge in [-0.1, -0.05) is 36.4 Å². The second-order valence-electron chi connectivity index (χ2n) is 6.40. The predicted octanol–water partition coefficient (Wildman–Crippen LogP) is 4.02. The summed E-state index contributed by atoms with van der Waals surface area (Å²) in [5.74, 6) is 0.864. The summed E-state index contributed by atoms with van der Waals surface area (Å²) in [6.45, 7) is 2.49. The van der Waals surface area contributed by atoms with Gasteiger partial charge in [-0.3, -0.25) is 4.79 Å². The second-order valence-corrected chi connectivity index (χ2v) is 6.40. The van der Waals surface area contributed by atoms with Gasteiger partial charge in [0.15, 0.2) is 0 Å². The molecule has 3 aromatic carbocycles. The third kappa shape index (κ3) is 4.14. The van der Waals surface area contributed by atoms with Crippen LogP contribution in [-0.4, -0.2) is 24.7 Å². The molecule has 0 aliphatic heterocycles. The molecule has 0 aliphatic rings. The van der Waals surface area contributed by atoms with Crippen molar-refractivity contribution in [1.82, 2.24) is 5.32 Å². The Morgan fingerprint density at radius 2 is 1.73 bits per heavy atom. The Morgan fingerprint density at radius 1 is 1.04 bits per heavy atom. The number of benzene rings is 3. The van der Waals surface area contributed by atoms with Crippen LogP contribution in [0.5, 0.6) is 11.5 Å². The number of hydrogen-bond acceptors (Lipinski definition) is 3. The van der Waals surface area contributed by atoms with Crippen molar-refractivity contribution in [3.63, 3.8) is 0 Å². The molecule has 0 fully saturated rings. The zero-order valence-corrected chi connectivity index (χ0v) is 15.0. The Hall–Kier alpha value is -3.01. The first-order valence-corrected chi connectivity index (χ1v) is 8.70. The number of phenolic OH excluding ortho intramolecular Hbond substituents is 1. The number of hydrogen-bond donors (Lipinski definition) is 2. The van der Waals surface area contributed by atoms with Gasteiger partial charge in [-0.25, -0.2) is 0 Å². The monoisotopic (exact) mass is 349 g/mol. The smallest absolute Gasteiger partial charge is 0.227 e. The number of ether oxygens (including phenoxy) is 1.